The molecule has 1 aromatic heterocycles. The lowest BCUT2D eigenvalue weighted by molar-refractivity contribution is -0.133. The Morgan fingerprint density at radius 1 is 0.975 bits per heavy atom. The van der Waals surface area contributed by atoms with Crippen LogP contribution in [0, 0.1) is 12.7 Å². The molecule has 0 unspecified atom stereocenters. The first-order valence-electron chi connectivity index (χ1n) is 13.1. The van der Waals surface area contributed by atoms with Crippen molar-refractivity contribution in [2.24, 2.45) is 0 Å². The lowest BCUT2D eigenvalue weighted by atomic mass is 10.2. The number of hydrogen-bond donors (Lipinski definition) is 0. The van der Waals surface area contributed by atoms with Gasteiger partial charge in [-0.05, 0) is 61.0 Å². The number of rotatable bonds is 11. The van der Waals surface area contributed by atoms with Crippen molar-refractivity contribution in [1.29, 1.82) is 0 Å². The molecule has 214 valence electrons. The molecule has 3 aromatic rings. The summed E-state index contributed by atoms with van der Waals surface area (Å²) in [7, 11) is -4.10. The Morgan fingerprint density at radius 3 is 2.45 bits per heavy atom. The van der Waals surface area contributed by atoms with Gasteiger partial charge in [0.1, 0.15) is 17.3 Å². The number of carbonyl (C=O) groups excluding carboxylic acids is 1. The maximum absolute atomic E-state index is 13.8. The van der Waals surface area contributed by atoms with Crippen molar-refractivity contribution in [3.05, 3.63) is 77.5 Å². The molecule has 0 radical (unpaired) electrons. The molecule has 0 N–H and O–H groups in total. The summed E-state index contributed by atoms with van der Waals surface area (Å²) in [4.78, 5) is 17.4. The predicted octanol–water partition coefficient (Wildman–Crippen LogP) is 3.01. The highest BCUT2D eigenvalue weighted by Crippen LogP contribution is 2.33. The van der Waals surface area contributed by atoms with E-state index in [0.717, 1.165) is 22.0 Å². The number of morpholine rings is 1. The average Bonchev–Trinajstić information content (AvgIpc) is 3.59. The fraction of sp³-hybridized carbons (Fsp3) is 0.393. The van der Waals surface area contributed by atoms with E-state index in [1.54, 1.807) is 23.1 Å². The second-order valence-corrected chi connectivity index (χ2v) is 11.6. The van der Waals surface area contributed by atoms with Gasteiger partial charge in [0.2, 0.25) is 22.7 Å². The molecule has 2 aliphatic rings. The highest BCUT2D eigenvalue weighted by atomic mass is 32.2. The molecule has 1 amide bonds. The van der Waals surface area contributed by atoms with Crippen LogP contribution < -0.4 is 9.47 Å². The number of furan rings is 1. The van der Waals surface area contributed by atoms with Crippen LogP contribution in [0.15, 0.2) is 63.9 Å². The average molecular weight is 574 g/mol. The first-order valence-corrected chi connectivity index (χ1v) is 14.5. The molecule has 1 saturated heterocycles. The zero-order valence-corrected chi connectivity index (χ0v) is 23.1. The Kier molecular flexibility index (Phi) is 8.69. The summed E-state index contributed by atoms with van der Waals surface area (Å²) in [6, 6.07) is 13.7. The van der Waals surface area contributed by atoms with Crippen LogP contribution in [0.5, 0.6) is 11.5 Å². The zero-order valence-electron chi connectivity index (χ0n) is 22.3. The van der Waals surface area contributed by atoms with E-state index in [9.17, 15) is 17.6 Å². The van der Waals surface area contributed by atoms with Gasteiger partial charge in [0, 0.05) is 32.7 Å². The molecular formula is C28H32FN3O7S. The van der Waals surface area contributed by atoms with Gasteiger partial charge in [-0.1, -0.05) is 6.07 Å². The third kappa shape index (κ3) is 6.81. The zero-order chi connectivity index (χ0) is 28.1. The van der Waals surface area contributed by atoms with Gasteiger partial charge in [0.05, 0.1) is 31.2 Å². The number of nitrogens with zero attached hydrogens (tertiary/aromatic N) is 3. The normalized spacial score (nSPS) is 15.5. The Labute approximate surface area is 232 Å². The van der Waals surface area contributed by atoms with Gasteiger partial charge >= 0.3 is 0 Å². The fourth-order valence-corrected chi connectivity index (χ4v) is 6.00. The van der Waals surface area contributed by atoms with Crippen molar-refractivity contribution in [2.75, 3.05) is 52.7 Å². The van der Waals surface area contributed by atoms with Crippen LogP contribution in [0.1, 0.15) is 17.1 Å². The van der Waals surface area contributed by atoms with Gasteiger partial charge in [-0.15, -0.1) is 0 Å². The summed E-state index contributed by atoms with van der Waals surface area (Å²) < 4.78 is 64.1. The van der Waals surface area contributed by atoms with E-state index in [1.165, 1.54) is 12.1 Å². The van der Waals surface area contributed by atoms with Crippen LogP contribution in [0.2, 0.25) is 0 Å². The van der Waals surface area contributed by atoms with Gasteiger partial charge < -0.3 is 23.5 Å². The van der Waals surface area contributed by atoms with Gasteiger partial charge in [-0.2, -0.15) is 4.31 Å². The van der Waals surface area contributed by atoms with E-state index in [2.05, 4.69) is 4.90 Å². The third-order valence-electron chi connectivity index (χ3n) is 6.84. The molecule has 0 bridgehead atoms. The second kappa shape index (κ2) is 12.4. The summed E-state index contributed by atoms with van der Waals surface area (Å²) in [5, 5.41) is 0. The SMILES string of the molecule is Cc1ccc(CN(Cc2ccc3c(c2)OCO3)C(=O)CN(CCN2CCOCC2)S(=O)(=O)c2ccc(F)cc2)o1. The Bertz CT molecular complexity index is 1420. The first-order chi connectivity index (χ1) is 19.3. The van der Waals surface area contributed by atoms with Gasteiger partial charge in [-0.3, -0.25) is 9.69 Å². The number of hydrogen-bond acceptors (Lipinski definition) is 8. The van der Waals surface area contributed by atoms with Gasteiger partial charge in [0.25, 0.3) is 0 Å². The molecule has 2 aromatic carbocycles. The van der Waals surface area contributed by atoms with Crippen molar-refractivity contribution in [1.82, 2.24) is 14.1 Å². The van der Waals surface area contributed by atoms with Gasteiger partial charge in [-0.25, -0.2) is 12.8 Å². The van der Waals surface area contributed by atoms with Crippen LogP contribution in [-0.4, -0.2) is 81.2 Å². The molecule has 5 rings (SSSR count). The lowest BCUT2D eigenvalue weighted by Gasteiger charge is -2.31. The van der Waals surface area contributed by atoms with E-state index >= 15 is 0 Å². The highest BCUT2D eigenvalue weighted by Gasteiger charge is 2.30. The molecule has 0 spiro atoms. The minimum atomic E-state index is -4.10. The Hall–Kier alpha value is -3.45. The highest BCUT2D eigenvalue weighted by molar-refractivity contribution is 7.89. The fourth-order valence-electron chi connectivity index (χ4n) is 4.62. The largest absolute Gasteiger partial charge is 0.464 e. The summed E-state index contributed by atoms with van der Waals surface area (Å²) in [5.41, 5.74) is 0.794. The van der Waals surface area contributed by atoms with Crippen molar-refractivity contribution < 1.29 is 36.2 Å². The molecule has 0 aliphatic carbocycles. The number of benzene rings is 2. The van der Waals surface area contributed by atoms with Crippen molar-refractivity contribution in [3.8, 4) is 11.5 Å². The third-order valence-corrected chi connectivity index (χ3v) is 8.70. The van der Waals surface area contributed by atoms with E-state index in [4.69, 9.17) is 18.6 Å². The second-order valence-electron chi connectivity index (χ2n) is 9.70. The smallest absolute Gasteiger partial charge is 0.243 e. The maximum Gasteiger partial charge on any atom is 0.243 e. The number of ether oxygens (including phenoxy) is 3. The molecule has 3 heterocycles. The van der Waals surface area contributed by atoms with Crippen LogP contribution >= 0.6 is 0 Å². The molecule has 1 fully saturated rings. The van der Waals surface area contributed by atoms with Crippen LogP contribution in [-0.2, 0) is 32.6 Å². The number of aryl methyl sites for hydroxylation is 1. The van der Waals surface area contributed by atoms with E-state index in [-0.39, 0.29) is 31.3 Å². The minimum absolute atomic E-state index is 0.0762. The number of halogens is 1. The molecule has 2 aliphatic heterocycles. The van der Waals surface area contributed by atoms with Crippen molar-refractivity contribution in [3.63, 3.8) is 0 Å². The number of sulfonamides is 1. The number of amides is 1. The van der Waals surface area contributed by atoms with Crippen LogP contribution in [0.25, 0.3) is 0 Å². The molecule has 12 heteroatoms. The number of fused-ring (bicyclic) bond motifs is 1. The summed E-state index contributed by atoms with van der Waals surface area (Å²) >= 11 is 0. The quantitative estimate of drug-likeness (QED) is 0.345. The summed E-state index contributed by atoms with van der Waals surface area (Å²) in [5.74, 6) is 1.55. The van der Waals surface area contributed by atoms with E-state index in [1.807, 2.05) is 19.1 Å². The van der Waals surface area contributed by atoms with Crippen LogP contribution in [0.4, 0.5) is 4.39 Å². The first kappa shape index (κ1) is 28.1. The predicted molar refractivity (Wildman–Crippen MR) is 143 cm³/mol. The minimum Gasteiger partial charge on any atom is -0.464 e. The monoisotopic (exact) mass is 573 g/mol. The Morgan fingerprint density at radius 2 is 1.73 bits per heavy atom. The Balaban J connectivity index is 1.39. The lowest BCUT2D eigenvalue weighted by Crippen LogP contribution is -2.47. The van der Waals surface area contributed by atoms with Crippen LogP contribution in [0.3, 0.4) is 0 Å². The summed E-state index contributed by atoms with van der Waals surface area (Å²) in [6.07, 6.45) is 0. The van der Waals surface area contributed by atoms with Crippen molar-refractivity contribution in [2.45, 2.75) is 24.9 Å². The topological polar surface area (TPSA) is 102 Å². The molecule has 40 heavy (non-hydrogen) atoms. The number of carbonyl (C=O) groups is 1. The van der Waals surface area contributed by atoms with Crippen molar-refractivity contribution >= 4 is 15.9 Å². The standard InChI is InChI=1S/C28H32FN3O7S/c1-21-2-6-24(39-21)18-31(17-22-3-9-26-27(16-22)38-20-37-26)28(33)19-32(11-10-30-12-14-36-15-13-30)40(34,35)25-7-4-23(29)5-8-25/h2-9,16H,10-15,17-20H2,1H3. The van der Waals surface area contributed by atoms with Gasteiger partial charge in [0.15, 0.2) is 11.5 Å². The molecule has 10 nitrogen and oxygen atoms in total. The van der Waals surface area contributed by atoms with E-state index in [0.29, 0.717) is 55.9 Å². The summed E-state index contributed by atoms with van der Waals surface area (Å²) in [6.45, 7) is 4.89. The molecular weight excluding hydrogens is 541 g/mol. The van der Waals surface area contributed by atoms with E-state index < -0.39 is 28.3 Å². The molecule has 0 saturated carbocycles. The molecule has 0 atom stereocenters. The maximum atomic E-state index is 13.8.